The molecule has 140 valence electrons. The molecule has 1 aliphatic rings. The van der Waals surface area contributed by atoms with E-state index in [-0.39, 0.29) is 5.91 Å². The van der Waals surface area contributed by atoms with Gasteiger partial charge in [-0.05, 0) is 56.0 Å². The molecular formula is C21H27ClN2OS. The van der Waals surface area contributed by atoms with E-state index in [0.29, 0.717) is 19.0 Å². The molecule has 0 bridgehead atoms. The van der Waals surface area contributed by atoms with Crippen molar-refractivity contribution >= 4 is 28.8 Å². The van der Waals surface area contributed by atoms with E-state index in [4.69, 9.17) is 11.6 Å². The lowest BCUT2D eigenvalue weighted by molar-refractivity contribution is -0.121. The maximum atomic E-state index is 12.0. The number of amides is 1. The molecule has 2 aromatic rings. The van der Waals surface area contributed by atoms with Gasteiger partial charge in [-0.15, -0.1) is 11.3 Å². The van der Waals surface area contributed by atoms with Crippen molar-refractivity contribution in [3.8, 4) is 0 Å². The largest absolute Gasteiger partial charge is 0.352 e. The van der Waals surface area contributed by atoms with Crippen molar-refractivity contribution in [1.29, 1.82) is 0 Å². The molecular weight excluding hydrogens is 364 g/mol. The summed E-state index contributed by atoms with van der Waals surface area (Å²) in [7, 11) is 0. The predicted molar refractivity (Wildman–Crippen MR) is 110 cm³/mol. The number of carbonyl (C=O) groups excluding carboxylic acids is 1. The quantitative estimate of drug-likeness (QED) is 0.719. The molecule has 3 rings (SSSR count). The van der Waals surface area contributed by atoms with Crippen LogP contribution in [0.1, 0.15) is 48.6 Å². The summed E-state index contributed by atoms with van der Waals surface area (Å²) in [5.74, 6) is 0.0840. The highest BCUT2D eigenvalue weighted by atomic mass is 35.5. The second-order valence-electron chi connectivity index (χ2n) is 7.11. The minimum Gasteiger partial charge on any atom is -0.352 e. The molecule has 0 radical (unpaired) electrons. The SMILES string of the molecule is CC1CCCCN1Cc1ccc(CNC(=O)CCc2ccc(Cl)s2)cc1. The van der Waals surface area contributed by atoms with Gasteiger partial charge in [-0.2, -0.15) is 0 Å². The number of hydrogen-bond acceptors (Lipinski definition) is 3. The molecule has 26 heavy (non-hydrogen) atoms. The predicted octanol–water partition coefficient (Wildman–Crippen LogP) is 5.02. The number of piperidine rings is 1. The summed E-state index contributed by atoms with van der Waals surface area (Å²) >= 11 is 7.46. The Kier molecular flexibility index (Phi) is 7.12. The van der Waals surface area contributed by atoms with Gasteiger partial charge in [-0.3, -0.25) is 9.69 Å². The number of aryl methyl sites for hydroxylation is 1. The molecule has 1 fully saturated rings. The van der Waals surface area contributed by atoms with Crippen LogP contribution in [-0.2, 0) is 24.3 Å². The topological polar surface area (TPSA) is 32.3 Å². The van der Waals surface area contributed by atoms with Crippen LogP contribution in [0, 0.1) is 0 Å². The first kappa shape index (κ1) is 19.4. The molecule has 1 aromatic carbocycles. The van der Waals surface area contributed by atoms with Gasteiger partial charge in [0.2, 0.25) is 5.91 Å². The molecule has 1 atom stereocenters. The molecule has 0 saturated carbocycles. The number of rotatable bonds is 7. The average Bonchev–Trinajstić information content (AvgIpc) is 3.07. The number of benzene rings is 1. The lowest BCUT2D eigenvalue weighted by Crippen LogP contribution is -2.36. The zero-order chi connectivity index (χ0) is 18.4. The molecule has 5 heteroatoms. The van der Waals surface area contributed by atoms with Crippen molar-refractivity contribution in [3.05, 3.63) is 56.7 Å². The normalized spacial score (nSPS) is 18.0. The molecule has 2 heterocycles. The van der Waals surface area contributed by atoms with Crippen molar-refractivity contribution in [3.63, 3.8) is 0 Å². The summed E-state index contributed by atoms with van der Waals surface area (Å²) in [5, 5.41) is 3.01. The smallest absolute Gasteiger partial charge is 0.220 e. The van der Waals surface area contributed by atoms with Crippen LogP contribution in [0.15, 0.2) is 36.4 Å². The van der Waals surface area contributed by atoms with E-state index in [1.807, 2.05) is 12.1 Å². The zero-order valence-electron chi connectivity index (χ0n) is 15.3. The average molecular weight is 391 g/mol. The Morgan fingerprint density at radius 1 is 1.19 bits per heavy atom. The Labute approximate surface area is 165 Å². The molecule has 1 N–H and O–H groups in total. The number of carbonyl (C=O) groups is 1. The van der Waals surface area contributed by atoms with Crippen LogP contribution in [0.2, 0.25) is 4.34 Å². The number of nitrogens with zero attached hydrogens (tertiary/aromatic N) is 1. The van der Waals surface area contributed by atoms with Crippen LogP contribution in [-0.4, -0.2) is 23.4 Å². The van der Waals surface area contributed by atoms with Crippen LogP contribution < -0.4 is 5.32 Å². The molecule has 1 amide bonds. The van der Waals surface area contributed by atoms with Gasteiger partial charge in [0.05, 0.1) is 4.34 Å². The highest BCUT2D eigenvalue weighted by molar-refractivity contribution is 7.16. The number of nitrogens with one attached hydrogen (secondary N) is 1. The summed E-state index contributed by atoms with van der Waals surface area (Å²) < 4.78 is 0.777. The second-order valence-corrected chi connectivity index (χ2v) is 8.91. The first-order valence-electron chi connectivity index (χ1n) is 9.43. The van der Waals surface area contributed by atoms with Crippen LogP contribution in [0.3, 0.4) is 0 Å². The van der Waals surface area contributed by atoms with E-state index in [1.54, 1.807) is 11.3 Å². The van der Waals surface area contributed by atoms with Crippen molar-refractivity contribution in [2.24, 2.45) is 0 Å². The van der Waals surface area contributed by atoms with E-state index < -0.39 is 0 Å². The summed E-state index contributed by atoms with van der Waals surface area (Å²) in [4.78, 5) is 15.7. The highest BCUT2D eigenvalue weighted by Crippen LogP contribution is 2.22. The maximum absolute atomic E-state index is 12.0. The van der Waals surface area contributed by atoms with Gasteiger partial charge in [0.15, 0.2) is 0 Å². The van der Waals surface area contributed by atoms with Crippen LogP contribution in [0.4, 0.5) is 0 Å². The van der Waals surface area contributed by atoms with Crippen molar-refractivity contribution in [2.45, 2.75) is 58.2 Å². The van der Waals surface area contributed by atoms with Gasteiger partial charge in [0.1, 0.15) is 0 Å². The fraction of sp³-hybridized carbons (Fsp3) is 0.476. The Bertz CT molecular complexity index is 713. The van der Waals surface area contributed by atoms with Crippen LogP contribution in [0.5, 0.6) is 0 Å². The number of thiophene rings is 1. The minimum absolute atomic E-state index is 0.0840. The first-order valence-corrected chi connectivity index (χ1v) is 10.6. The number of hydrogen-bond donors (Lipinski definition) is 1. The molecule has 1 saturated heterocycles. The monoisotopic (exact) mass is 390 g/mol. The van der Waals surface area contributed by atoms with E-state index >= 15 is 0 Å². The summed E-state index contributed by atoms with van der Waals surface area (Å²) in [5.41, 5.74) is 2.50. The van der Waals surface area contributed by atoms with Gasteiger partial charge in [-0.25, -0.2) is 0 Å². The fourth-order valence-corrected chi connectivity index (χ4v) is 4.49. The summed E-state index contributed by atoms with van der Waals surface area (Å²) in [6, 6.07) is 13.2. The third kappa shape index (κ3) is 5.83. The van der Waals surface area contributed by atoms with Crippen molar-refractivity contribution in [2.75, 3.05) is 6.54 Å². The highest BCUT2D eigenvalue weighted by Gasteiger charge is 2.17. The molecule has 3 nitrogen and oxygen atoms in total. The van der Waals surface area contributed by atoms with Crippen LogP contribution in [0.25, 0.3) is 0 Å². The van der Waals surface area contributed by atoms with Gasteiger partial charge in [0.25, 0.3) is 0 Å². The molecule has 0 aliphatic carbocycles. The molecule has 1 unspecified atom stereocenters. The third-order valence-corrected chi connectivity index (χ3v) is 6.36. The second kappa shape index (κ2) is 9.54. The third-order valence-electron chi connectivity index (χ3n) is 5.07. The van der Waals surface area contributed by atoms with E-state index in [0.717, 1.165) is 27.7 Å². The van der Waals surface area contributed by atoms with Crippen molar-refractivity contribution < 1.29 is 4.79 Å². The van der Waals surface area contributed by atoms with Gasteiger partial charge < -0.3 is 5.32 Å². The maximum Gasteiger partial charge on any atom is 0.220 e. The van der Waals surface area contributed by atoms with Crippen molar-refractivity contribution in [1.82, 2.24) is 10.2 Å². The Morgan fingerprint density at radius 3 is 2.65 bits per heavy atom. The Balaban J connectivity index is 1.41. The standard InChI is InChI=1S/C21H27ClN2OS/c1-16-4-2-3-13-24(16)15-18-7-5-17(6-8-18)14-23-21(25)12-10-19-9-11-20(22)26-19/h5-9,11,16H,2-4,10,12-15H2,1H3,(H,23,25). The van der Waals surface area contributed by atoms with E-state index in [2.05, 4.69) is 41.4 Å². The van der Waals surface area contributed by atoms with Gasteiger partial charge in [-0.1, -0.05) is 42.3 Å². The Morgan fingerprint density at radius 2 is 1.96 bits per heavy atom. The van der Waals surface area contributed by atoms with E-state index in [1.165, 1.54) is 31.4 Å². The lowest BCUT2D eigenvalue weighted by atomic mass is 10.0. The fourth-order valence-electron chi connectivity index (χ4n) is 3.40. The number of likely N-dealkylation sites (tertiary alicyclic amines) is 1. The number of halogens is 1. The Hall–Kier alpha value is -1.36. The van der Waals surface area contributed by atoms with E-state index in [9.17, 15) is 4.79 Å². The van der Waals surface area contributed by atoms with Gasteiger partial charge >= 0.3 is 0 Å². The van der Waals surface area contributed by atoms with Crippen LogP contribution >= 0.6 is 22.9 Å². The molecule has 1 aliphatic heterocycles. The summed E-state index contributed by atoms with van der Waals surface area (Å²) in [6.45, 7) is 5.14. The van der Waals surface area contributed by atoms with Gasteiger partial charge in [0, 0.05) is 30.4 Å². The zero-order valence-corrected chi connectivity index (χ0v) is 16.9. The minimum atomic E-state index is 0.0840. The first-order chi connectivity index (χ1) is 12.6. The summed E-state index contributed by atoms with van der Waals surface area (Å²) in [6.07, 6.45) is 5.22. The molecule has 1 aromatic heterocycles. The molecule has 0 spiro atoms. The lowest BCUT2D eigenvalue weighted by Gasteiger charge is -2.33.